The van der Waals surface area contributed by atoms with Gasteiger partial charge in [0.1, 0.15) is 18.8 Å². The van der Waals surface area contributed by atoms with E-state index in [4.69, 9.17) is 23.7 Å². The Morgan fingerprint density at radius 2 is 0.797 bits per heavy atom. The maximum atomic E-state index is 13.2. The Hall–Kier alpha value is -3.58. The van der Waals surface area contributed by atoms with Gasteiger partial charge < -0.3 is 39.0 Å². The topological polar surface area (TPSA) is 175 Å². The molecule has 12 heteroatoms. The van der Waals surface area contributed by atoms with Crippen molar-refractivity contribution in [3.8, 4) is 0 Å². The summed E-state index contributed by atoms with van der Waals surface area (Å²) in [5, 5.41) is 31.6. The average molecular weight is 1110 g/mol. The standard InChI is InChI=1S/C67H116O12/c1-4-7-10-13-16-19-22-25-28-29-30-31-34-37-40-43-46-49-52-55-61(70)78-65-63(72)62(71)64(66(73)74)79-67(65)76-57-58(77-60(69)54-51-48-45-42-39-36-33-27-24-21-18-15-12-9-6-3)56-75-59(68)53-50-47-44-41-38-35-32-26-23-20-17-14-11-8-5-2/h8,11,16-17,19-20,25-26,28,32,58,62-65,67,71-72H,4-7,9-10,12-15,18,21-24,27,29-31,33-57H2,1-3H3,(H,73,74)/b11-8-,19-16-,20-17-,28-25-,32-26-. The van der Waals surface area contributed by atoms with Crippen molar-refractivity contribution >= 4 is 23.9 Å². The number of ether oxygens (including phenoxy) is 5. The summed E-state index contributed by atoms with van der Waals surface area (Å²) in [5.74, 6) is -3.12. The van der Waals surface area contributed by atoms with E-state index in [9.17, 15) is 34.5 Å². The maximum Gasteiger partial charge on any atom is 0.335 e. The van der Waals surface area contributed by atoms with Crippen LogP contribution in [0.2, 0.25) is 0 Å². The number of aliphatic carboxylic acids is 1. The molecule has 1 heterocycles. The Labute approximate surface area is 481 Å². The lowest BCUT2D eigenvalue weighted by molar-refractivity contribution is -0.301. The van der Waals surface area contributed by atoms with Gasteiger partial charge in [-0.25, -0.2) is 4.79 Å². The molecule has 6 atom stereocenters. The fourth-order valence-electron chi connectivity index (χ4n) is 9.65. The number of rotatable bonds is 55. The molecule has 1 rings (SSSR count). The number of hydrogen-bond donors (Lipinski definition) is 3. The molecular weight excluding hydrogens is 997 g/mol. The lowest BCUT2D eigenvalue weighted by Gasteiger charge is -2.40. The smallest absolute Gasteiger partial charge is 0.335 e. The predicted octanol–water partition coefficient (Wildman–Crippen LogP) is 17.1. The first-order valence-corrected chi connectivity index (χ1v) is 32.3. The molecule has 6 unspecified atom stereocenters. The summed E-state index contributed by atoms with van der Waals surface area (Å²) in [6, 6.07) is 0. The minimum atomic E-state index is -1.91. The highest BCUT2D eigenvalue weighted by Gasteiger charge is 2.50. The van der Waals surface area contributed by atoms with Crippen molar-refractivity contribution in [3.05, 3.63) is 60.8 Å². The zero-order valence-electron chi connectivity index (χ0n) is 50.4. The van der Waals surface area contributed by atoms with Gasteiger partial charge in [0.2, 0.25) is 0 Å². The van der Waals surface area contributed by atoms with Gasteiger partial charge >= 0.3 is 23.9 Å². The fourth-order valence-corrected chi connectivity index (χ4v) is 9.65. The molecule has 1 saturated heterocycles. The van der Waals surface area contributed by atoms with Gasteiger partial charge in [-0.15, -0.1) is 0 Å². The van der Waals surface area contributed by atoms with Crippen molar-refractivity contribution in [2.45, 2.75) is 327 Å². The number of carboxylic acids is 1. The summed E-state index contributed by atoms with van der Waals surface area (Å²) < 4.78 is 28.5. The highest BCUT2D eigenvalue weighted by atomic mass is 16.7. The van der Waals surface area contributed by atoms with Gasteiger partial charge in [0.05, 0.1) is 6.61 Å². The number of carbonyl (C=O) groups excluding carboxylic acids is 3. The third-order valence-electron chi connectivity index (χ3n) is 14.6. The van der Waals surface area contributed by atoms with Crippen LogP contribution in [-0.4, -0.2) is 89.2 Å². The number of carbonyl (C=O) groups is 4. The first-order chi connectivity index (χ1) is 38.6. The minimum absolute atomic E-state index is 0.0548. The van der Waals surface area contributed by atoms with E-state index in [1.807, 2.05) is 0 Å². The van der Waals surface area contributed by atoms with Gasteiger partial charge in [0.25, 0.3) is 0 Å². The van der Waals surface area contributed by atoms with E-state index in [0.29, 0.717) is 19.3 Å². The van der Waals surface area contributed by atoms with E-state index < -0.39 is 67.3 Å². The van der Waals surface area contributed by atoms with Gasteiger partial charge in [-0.3, -0.25) is 14.4 Å². The molecule has 1 aliphatic rings. The van der Waals surface area contributed by atoms with Crippen molar-refractivity contribution in [1.29, 1.82) is 0 Å². The van der Waals surface area contributed by atoms with E-state index in [2.05, 4.69) is 81.5 Å². The molecule has 0 bridgehead atoms. The summed E-state index contributed by atoms with van der Waals surface area (Å²) in [4.78, 5) is 51.3. The molecule has 0 spiro atoms. The minimum Gasteiger partial charge on any atom is -0.479 e. The van der Waals surface area contributed by atoms with Crippen molar-refractivity contribution in [1.82, 2.24) is 0 Å². The summed E-state index contributed by atoms with van der Waals surface area (Å²) in [5.41, 5.74) is 0. The van der Waals surface area contributed by atoms with E-state index >= 15 is 0 Å². The van der Waals surface area contributed by atoms with Crippen molar-refractivity contribution in [2.24, 2.45) is 0 Å². The van der Waals surface area contributed by atoms with Crippen LogP contribution in [0, 0.1) is 0 Å². The average Bonchev–Trinajstić information content (AvgIpc) is 3.46. The second-order valence-electron chi connectivity index (χ2n) is 22.0. The zero-order chi connectivity index (χ0) is 57.5. The van der Waals surface area contributed by atoms with E-state index in [1.165, 1.54) is 122 Å². The molecule has 0 aromatic carbocycles. The van der Waals surface area contributed by atoms with Gasteiger partial charge in [-0.1, -0.05) is 248 Å². The van der Waals surface area contributed by atoms with Crippen LogP contribution in [0.15, 0.2) is 60.8 Å². The molecule has 0 amide bonds. The van der Waals surface area contributed by atoms with Crippen LogP contribution in [-0.2, 0) is 42.9 Å². The zero-order valence-corrected chi connectivity index (χ0v) is 50.4. The Bertz CT molecular complexity index is 1600. The van der Waals surface area contributed by atoms with Crippen LogP contribution in [0.4, 0.5) is 0 Å². The Balaban J connectivity index is 2.65. The van der Waals surface area contributed by atoms with E-state index in [1.54, 1.807) is 0 Å². The number of aliphatic hydroxyl groups is 2. The number of allylic oxidation sites excluding steroid dienone is 10. The van der Waals surface area contributed by atoms with Crippen molar-refractivity contribution < 1.29 is 58.2 Å². The fraction of sp³-hybridized carbons (Fsp3) is 0.791. The lowest BCUT2D eigenvalue weighted by atomic mass is 9.98. The largest absolute Gasteiger partial charge is 0.479 e. The Morgan fingerprint density at radius 1 is 0.430 bits per heavy atom. The van der Waals surface area contributed by atoms with Gasteiger partial charge in [-0.2, -0.15) is 0 Å². The Kier molecular flexibility index (Phi) is 51.1. The lowest BCUT2D eigenvalue weighted by Crippen LogP contribution is -2.61. The SMILES string of the molecule is CC/C=C\C/C=C\C/C=C\CCCCCCCC(=O)OCC(COC1OC(C(=O)O)C(O)C(O)C1OC(=O)CCCCCCCCCCC/C=C\C/C=C\CCCCC)OC(=O)CCCCCCCCCCCCCCCCC. The third-order valence-corrected chi connectivity index (χ3v) is 14.6. The Morgan fingerprint density at radius 3 is 1.24 bits per heavy atom. The van der Waals surface area contributed by atoms with E-state index in [-0.39, 0.29) is 25.9 Å². The third kappa shape index (κ3) is 44.7. The normalized spacial score (nSPS) is 18.2. The summed E-state index contributed by atoms with van der Waals surface area (Å²) in [7, 11) is 0. The highest BCUT2D eigenvalue weighted by Crippen LogP contribution is 2.27. The first-order valence-electron chi connectivity index (χ1n) is 32.3. The molecule has 456 valence electrons. The number of esters is 3. The van der Waals surface area contributed by atoms with Crippen LogP contribution >= 0.6 is 0 Å². The van der Waals surface area contributed by atoms with Gasteiger partial charge in [0.15, 0.2) is 24.6 Å². The summed E-state index contributed by atoms with van der Waals surface area (Å²) >= 11 is 0. The van der Waals surface area contributed by atoms with Crippen molar-refractivity contribution in [2.75, 3.05) is 13.2 Å². The van der Waals surface area contributed by atoms with Gasteiger partial charge in [0, 0.05) is 19.3 Å². The molecule has 79 heavy (non-hydrogen) atoms. The first kappa shape index (κ1) is 73.4. The number of aliphatic hydroxyl groups excluding tert-OH is 2. The molecule has 12 nitrogen and oxygen atoms in total. The number of carboxylic acid groups (broad SMARTS) is 1. The van der Waals surface area contributed by atoms with E-state index in [0.717, 1.165) is 109 Å². The summed E-state index contributed by atoms with van der Waals surface area (Å²) in [6.45, 7) is 5.88. The molecule has 1 fully saturated rings. The predicted molar refractivity (Wildman–Crippen MR) is 322 cm³/mol. The second kappa shape index (κ2) is 55.0. The molecule has 0 aromatic rings. The number of hydrogen-bond acceptors (Lipinski definition) is 11. The number of unbranched alkanes of at least 4 members (excludes halogenated alkanes) is 31. The molecule has 0 aliphatic carbocycles. The van der Waals surface area contributed by atoms with Crippen LogP contribution < -0.4 is 0 Å². The molecule has 0 aromatic heterocycles. The van der Waals surface area contributed by atoms with Crippen LogP contribution in [0.3, 0.4) is 0 Å². The van der Waals surface area contributed by atoms with Crippen LogP contribution in [0.5, 0.6) is 0 Å². The second-order valence-corrected chi connectivity index (χ2v) is 22.0. The molecule has 0 saturated carbocycles. The van der Waals surface area contributed by atoms with Crippen molar-refractivity contribution in [3.63, 3.8) is 0 Å². The maximum absolute atomic E-state index is 13.2. The summed E-state index contributed by atoms with van der Waals surface area (Å²) in [6.07, 6.45) is 56.0. The molecule has 0 radical (unpaired) electrons. The van der Waals surface area contributed by atoms with Gasteiger partial charge in [-0.05, 0) is 83.5 Å². The quantitative estimate of drug-likeness (QED) is 0.0228. The van der Waals surface area contributed by atoms with Crippen LogP contribution in [0.25, 0.3) is 0 Å². The van der Waals surface area contributed by atoms with Crippen LogP contribution in [0.1, 0.15) is 290 Å². The molecule has 3 N–H and O–H groups in total. The monoisotopic (exact) mass is 1110 g/mol. The highest BCUT2D eigenvalue weighted by molar-refractivity contribution is 5.74. The molecular formula is C67H116O12. The molecule has 1 aliphatic heterocycles.